The van der Waals surface area contributed by atoms with E-state index in [-0.39, 0.29) is 16.9 Å². The van der Waals surface area contributed by atoms with Crippen molar-refractivity contribution in [3.8, 4) is 0 Å². The van der Waals surface area contributed by atoms with Crippen LogP contribution in [0.5, 0.6) is 0 Å². The first kappa shape index (κ1) is 15.9. The molecular formula is C17H20ClFN2. The minimum absolute atomic E-state index is 0.147. The second kappa shape index (κ2) is 7.53. The van der Waals surface area contributed by atoms with Gasteiger partial charge in [0.05, 0.1) is 5.02 Å². The highest BCUT2D eigenvalue weighted by Gasteiger charge is 2.15. The van der Waals surface area contributed by atoms with E-state index in [1.807, 2.05) is 18.3 Å². The molecule has 0 radical (unpaired) electrons. The van der Waals surface area contributed by atoms with E-state index < -0.39 is 0 Å². The minimum atomic E-state index is -0.366. The number of aryl methyl sites for hydroxylation is 1. The third-order valence-corrected chi connectivity index (χ3v) is 3.88. The normalized spacial score (nSPS) is 12.4. The third kappa shape index (κ3) is 4.02. The molecule has 0 bridgehead atoms. The lowest BCUT2D eigenvalue weighted by molar-refractivity contribution is 0.542. The van der Waals surface area contributed by atoms with Gasteiger partial charge in [0.25, 0.3) is 0 Å². The highest BCUT2D eigenvalue weighted by molar-refractivity contribution is 6.30. The number of pyridine rings is 1. The predicted octanol–water partition coefficient (Wildman–Crippen LogP) is 4.33. The first-order valence-electron chi connectivity index (χ1n) is 7.25. The maximum atomic E-state index is 13.6. The van der Waals surface area contributed by atoms with Crippen molar-refractivity contribution in [3.05, 3.63) is 64.2 Å². The molecule has 0 spiro atoms. The van der Waals surface area contributed by atoms with Gasteiger partial charge in [-0.15, -0.1) is 0 Å². The minimum Gasteiger partial charge on any atom is -0.310 e. The van der Waals surface area contributed by atoms with E-state index in [2.05, 4.69) is 24.1 Å². The average molecular weight is 307 g/mol. The van der Waals surface area contributed by atoms with Gasteiger partial charge >= 0.3 is 0 Å². The van der Waals surface area contributed by atoms with E-state index in [1.165, 1.54) is 17.2 Å². The summed E-state index contributed by atoms with van der Waals surface area (Å²) in [4.78, 5) is 4.19. The monoisotopic (exact) mass is 306 g/mol. The quantitative estimate of drug-likeness (QED) is 0.859. The molecule has 0 aliphatic rings. The topological polar surface area (TPSA) is 24.9 Å². The maximum Gasteiger partial charge on any atom is 0.142 e. The Kier molecular flexibility index (Phi) is 5.71. The van der Waals surface area contributed by atoms with Gasteiger partial charge in [0.15, 0.2) is 0 Å². The standard InChI is InChI=1S/C17H20ClFN2/c1-3-13-11-20-8-7-14(13)17(21-4-2)10-12-5-6-15(18)16(19)9-12/h5-9,11,17,21H,3-4,10H2,1-2H3. The second-order valence-corrected chi connectivity index (χ2v) is 5.40. The van der Waals surface area contributed by atoms with E-state index in [1.54, 1.807) is 12.3 Å². The molecule has 0 amide bonds. The zero-order valence-corrected chi connectivity index (χ0v) is 13.1. The van der Waals surface area contributed by atoms with Crippen LogP contribution in [-0.4, -0.2) is 11.5 Å². The van der Waals surface area contributed by atoms with Crippen LogP contribution >= 0.6 is 11.6 Å². The summed E-state index contributed by atoms with van der Waals surface area (Å²) in [6.07, 6.45) is 5.36. The third-order valence-electron chi connectivity index (χ3n) is 3.57. The average Bonchev–Trinajstić information content (AvgIpc) is 2.50. The Morgan fingerprint density at radius 1 is 1.29 bits per heavy atom. The largest absolute Gasteiger partial charge is 0.310 e. The zero-order chi connectivity index (χ0) is 15.2. The predicted molar refractivity (Wildman–Crippen MR) is 85.1 cm³/mol. The van der Waals surface area contributed by atoms with Crippen LogP contribution in [-0.2, 0) is 12.8 Å². The first-order chi connectivity index (χ1) is 10.2. The van der Waals surface area contributed by atoms with Gasteiger partial charge in [-0.1, -0.05) is 31.5 Å². The lowest BCUT2D eigenvalue weighted by Gasteiger charge is -2.21. The van der Waals surface area contributed by atoms with Crippen molar-refractivity contribution in [2.45, 2.75) is 32.7 Å². The van der Waals surface area contributed by atoms with Crippen molar-refractivity contribution in [1.29, 1.82) is 0 Å². The van der Waals surface area contributed by atoms with Gasteiger partial charge in [-0.2, -0.15) is 0 Å². The van der Waals surface area contributed by atoms with Crippen LogP contribution in [0.3, 0.4) is 0 Å². The van der Waals surface area contributed by atoms with E-state index in [0.717, 1.165) is 24.9 Å². The second-order valence-electron chi connectivity index (χ2n) is 4.99. The molecule has 1 unspecified atom stereocenters. The van der Waals surface area contributed by atoms with Crippen molar-refractivity contribution < 1.29 is 4.39 Å². The lowest BCUT2D eigenvalue weighted by atomic mass is 9.95. The number of nitrogens with one attached hydrogen (secondary N) is 1. The van der Waals surface area contributed by atoms with Crippen LogP contribution in [0.15, 0.2) is 36.7 Å². The molecule has 112 valence electrons. The Balaban J connectivity index is 2.28. The molecule has 2 aromatic rings. The summed E-state index contributed by atoms with van der Waals surface area (Å²) >= 11 is 5.74. The number of hydrogen-bond acceptors (Lipinski definition) is 2. The summed E-state index contributed by atoms with van der Waals surface area (Å²) in [6, 6.07) is 7.19. The van der Waals surface area contributed by atoms with Crippen molar-refractivity contribution in [2.75, 3.05) is 6.54 Å². The van der Waals surface area contributed by atoms with Crippen molar-refractivity contribution in [3.63, 3.8) is 0 Å². The summed E-state index contributed by atoms with van der Waals surface area (Å²) in [7, 11) is 0. The van der Waals surface area contributed by atoms with Gasteiger partial charge in [-0.3, -0.25) is 4.98 Å². The highest BCUT2D eigenvalue weighted by atomic mass is 35.5. The highest BCUT2D eigenvalue weighted by Crippen LogP contribution is 2.24. The number of rotatable bonds is 6. The molecule has 0 aliphatic carbocycles. The Labute approximate surface area is 130 Å². The fourth-order valence-corrected chi connectivity index (χ4v) is 2.63. The van der Waals surface area contributed by atoms with Crippen LogP contribution in [0, 0.1) is 5.82 Å². The van der Waals surface area contributed by atoms with E-state index in [4.69, 9.17) is 11.6 Å². The molecule has 0 saturated carbocycles. The molecule has 1 heterocycles. The first-order valence-corrected chi connectivity index (χ1v) is 7.63. The van der Waals surface area contributed by atoms with Crippen LogP contribution < -0.4 is 5.32 Å². The zero-order valence-electron chi connectivity index (χ0n) is 12.4. The molecule has 2 rings (SSSR count). The maximum absolute atomic E-state index is 13.6. The fraction of sp³-hybridized carbons (Fsp3) is 0.353. The molecule has 1 atom stereocenters. The SMILES string of the molecule is CCNC(Cc1ccc(Cl)c(F)c1)c1ccncc1CC. The molecular weight excluding hydrogens is 287 g/mol. The molecule has 2 nitrogen and oxygen atoms in total. The van der Waals surface area contributed by atoms with Crippen LogP contribution in [0.2, 0.25) is 5.02 Å². The molecule has 21 heavy (non-hydrogen) atoms. The molecule has 0 aliphatic heterocycles. The smallest absolute Gasteiger partial charge is 0.142 e. The Bertz CT molecular complexity index is 601. The van der Waals surface area contributed by atoms with Gasteiger partial charge in [-0.05, 0) is 54.3 Å². The Morgan fingerprint density at radius 2 is 2.10 bits per heavy atom. The number of benzene rings is 1. The molecule has 4 heteroatoms. The summed E-state index contributed by atoms with van der Waals surface area (Å²) in [5.74, 6) is -0.366. The fourth-order valence-electron chi connectivity index (χ4n) is 2.51. The van der Waals surface area contributed by atoms with Gasteiger partial charge < -0.3 is 5.32 Å². The summed E-state index contributed by atoms with van der Waals surface area (Å²) in [6.45, 7) is 5.04. The van der Waals surface area contributed by atoms with Gasteiger partial charge in [0.2, 0.25) is 0 Å². The number of hydrogen-bond donors (Lipinski definition) is 1. The molecule has 1 aromatic heterocycles. The van der Waals surface area contributed by atoms with Gasteiger partial charge in [-0.25, -0.2) is 4.39 Å². The van der Waals surface area contributed by atoms with Crippen molar-refractivity contribution in [1.82, 2.24) is 10.3 Å². The van der Waals surface area contributed by atoms with Crippen molar-refractivity contribution in [2.24, 2.45) is 0 Å². The summed E-state index contributed by atoms with van der Waals surface area (Å²) < 4.78 is 13.6. The molecule has 1 aromatic carbocycles. The van der Waals surface area contributed by atoms with E-state index >= 15 is 0 Å². The lowest BCUT2D eigenvalue weighted by Crippen LogP contribution is -2.24. The van der Waals surface area contributed by atoms with Gasteiger partial charge in [0.1, 0.15) is 5.82 Å². The van der Waals surface area contributed by atoms with E-state index in [0.29, 0.717) is 0 Å². The summed E-state index contributed by atoms with van der Waals surface area (Å²) in [5.41, 5.74) is 3.38. The van der Waals surface area contributed by atoms with Crippen LogP contribution in [0.25, 0.3) is 0 Å². The Hall–Kier alpha value is -1.45. The molecule has 0 saturated heterocycles. The van der Waals surface area contributed by atoms with Gasteiger partial charge in [0, 0.05) is 18.4 Å². The number of halogens is 2. The number of likely N-dealkylation sites (N-methyl/N-ethyl adjacent to an activating group) is 1. The van der Waals surface area contributed by atoms with Crippen molar-refractivity contribution >= 4 is 11.6 Å². The van der Waals surface area contributed by atoms with Crippen LogP contribution in [0.4, 0.5) is 4.39 Å². The Morgan fingerprint density at radius 3 is 2.76 bits per heavy atom. The van der Waals surface area contributed by atoms with E-state index in [9.17, 15) is 4.39 Å². The number of aromatic nitrogens is 1. The summed E-state index contributed by atoms with van der Waals surface area (Å²) in [5, 5.41) is 3.64. The van der Waals surface area contributed by atoms with Crippen LogP contribution in [0.1, 0.15) is 36.6 Å². The molecule has 1 N–H and O–H groups in total. The molecule has 0 fully saturated rings. The number of nitrogens with zero attached hydrogens (tertiary/aromatic N) is 1.